The predicted octanol–water partition coefficient (Wildman–Crippen LogP) is 3.09. The minimum atomic E-state index is -0.415. The molecule has 7 heteroatoms. The quantitative estimate of drug-likeness (QED) is 0.800. The van der Waals surface area contributed by atoms with Crippen LogP contribution in [0.1, 0.15) is 43.1 Å². The van der Waals surface area contributed by atoms with E-state index in [1.807, 2.05) is 17.0 Å². The highest BCUT2D eigenvalue weighted by Crippen LogP contribution is 2.31. The number of fused-ring (bicyclic) bond motifs is 1. The first-order chi connectivity index (χ1) is 14.3. The van der Waals surface area contributed by atoms with Gasteiger partial charge in [-0.05, 0) is 44.9 Å². The van der Waals surface area contributed by atoms with Gasteiger partial charge in [0.05, 0.1) is 23.8 Å². The summed E-state index contributed by atoms with van der Waals surface area (Å²) < 4.78 is 5.10. The van der Waals surface area contributed by atoms with Crippen LogP contribution in [-0.4, -0.2) is 52.9 Å². The number of amidine groups is 1. The van der Waals surface area contributed by atoms with Gasteiger partial charge in [0.15, 0.2) is 0 Å². The highest BCUT2D eigenvalue weighted by Gasteiger charge is 2.46. The van der Waals surface area contributed by atoms with Crippen molar-refractivity contribution in [2.75, 3.05) is 25.5 Å². The molecule has 3 heterocycles. The van der Waals surface area contributed by atoms with E-state index in [9.17, 15) is 4.79 Å². The maximum Gasteiger partial charge on any atom is 0.255 e. The van der Waals surface area contributed by atoms with Gasteiger partial charge in [0.25, 0.3) is 5.91 Å². The SMILES string of the molecule is COc1ccc(C(=O)N2CCC3(C2)NCc2ccccc2NC3=NC(C)(C)C)cn1. The Balaban J connectivity index is 1.63. The van der Waals surface area contributed by atoms with E-state index in [0.29, 0.717) is 24.5 Å². The van der Waals surface area contributed by atoms with Crippen LogP contribution in [0, 0.1) is 0 Å². The van der Waals surface area contributed by atoms with Crippen molar-refractivity contribution in [3.05, 3.63) is 53.7 Å². The number of amides is 1. The molecule has 0 saturated carbocycles. The van der Waals surface area contributed by atoms with Crippen LogP contribution >= 0.6 is 0 Å². The first-order valence-electron chi connectivity index (χ1n) is 10.3. The Hall–Kier alpha value is -2.93. The molecule has 1 atom stereocenters. The standard InChI is InChI=1S/C23H29N5O2/c1-22(2,3)27-21-23(25-14-16-7-5-6-8-18(16)26-21)11-12-28(15-23)20(29)17-9-10-19(30-4)24-13-17/h5-10,13,25H,11-12,14-15H2,1-4H3,(H,26,27). The summed E-state index contributed by atoms with van der Waals surface area (Å²) in [5.74, 6) is 1.36. The van der Waals surface area contributed by atoms with E-state index < -0.39 is 5.54 Å². The van der Waals surface area contributed by atoms with Crippen LogP contribution in [0.4, 0.5) is 5.69 Å². The molecular weight excluding hydrogens is 378 g/mol. The van der Waals surface area contributed by atoms with Gasteiger partial charge in [0.2, 0.25) is 5.88 Å². The lowest BCUT2D eigenvalue weighted by Gasteiger charge is -2.32. The van der Waals surface area contributed by atoms with Crippen molar-refractivity contribution >= 4 is 17.4 Å². The Bertz CT molecular complexity index is 964. The fourth-order valence-corrected chi connectivity index (χ4v) is 3.99. The zero-order valence-electron chi connectivity index (χ0n) is 18.0. The molecule has 1 aromatic heterocycles. The van der Waals surface area contributed by atoms with E-state index in [1.165, 1.54) is 5.56 Å². The first-order valence-corrected chi connectivity index (χ1v) is 10.3. The number of aliphatic imine (C=N–C) groups is 1. The van der Waals surface area contributed by atoms with Crippen LogP contribution in [0.2, 0.25) is 0 Å². The number of pyridine rings is 1. The molecule has 0 radical (unpaired) electrons. The van der Waals surface area contributed by atoms with E-state index in [1.54, 1.807) is 25.4 Å². The lowest BCUT2D eigenvalue weighted by atomic mass is 9.95. The van der Waals surface area contributed by atoms with Gasteiger partial charge in [0, 0.05) is 37.6 Å². The van der Waals surface area contributed by atoms with Crippen LogP contribution in [0.5, 0.6) is 5.88 Å². The van der Waals surface area contributed by atoms with Crippen LogP contribution in [0.15, 0.2) is 47.6 Å². The van der Waals surface area contributed by atoms with Gasteiger partial charge >= 0.3 is 0 Å². The van der Waals surface area contributed by atoms with E-state index >= 15 is 0 Å². The molecule has 1 unspecified atom stereocenters. The highest BCUT2D eigenvalue weighted by molar-refractivity contribution is 6.05. The Morgan fingerprint density at radius 3 is 2.73 bits per heavy atom. The molecule has 30 heavy (non-hydrogen) atoms. The minimum Gasteiger partial charge on any atom is -0.481 e. The Kier molecular flexibility index (Phi) is 5.24. The zero-order valence-corrected chi connectivity index (χ0v) is 18.0. The number of nitrogens with zero attached hydrogens (tertiary/aromatic N) is 3. The molecule has 4 rings (SSSR count). The van der Waals surface area contributed by atoms with Crippen LogP contribution in [0.25, 0.3) is 0 Å². The van der Waals surface area contributed by atoms with Crippen molar-refractivity contribution in [2.24, 2.45) is 4.99 Å². The van der Waals surface area contributed by atoms with Crippen LogP contribution in [-0.2, 0) is 6.54 Å². The molecule has 2 aliphatic rings. The number of benzene rings is 1. The van der Waals surface area contributed by atoms with Crippen LogP contribution < -0.4 is 15.4 Å². The normalized spacial score (nSPS) is 22.5. The number of carbonyl (C=O) groups excluding carboxylic acids is 1. The number of aromatic nitrogens is 1. The van der Waals surface area contributed by atoms with Gasteiger partial charge in [-0.1, -0.05) is 18.2 Å². The first kappa shape index (κ1) is 20.3. The Morgan fingerprint density at radius 2 is 2.03 bits per heavy atom. The van der Waals surface area contributed by atoms with Crippen molar-refractivity contribution in [3.8, 4) is 5.88 Å². The molecule has 1 aromatic carbocycles. The van der Waals surface area contributed by atoms with Crippen molar-refractivity contribution in [3.63, 3.8) is 0 Å². The maximum atomic E-state index is 13.1. The van der Waals surface area contributed by atoms with Crippen LogP contribution in [0.3, 0.4) is 0 Å². The fraction of sp³-hybridized carbons (Fsp3) is 0.435. The number of likely N-dealkylation sites (tertiary alicyclic amines) is 1. The fourth-order valence-electron chi connectivity index (χ4n) is 3.99. The van der Waals surface area contributed by atoms with E-state index in [4.69, 9.17) is 9.73 Å². The van der Waals surface area contributed by atoms with Gasteiger partial charge < -0.3 is 15.0 Å². The summed E-state index contributed by atoms with van der Waals surface area (Å²) in [4.78, 5) is 24.2. The Labute approximate surface area is 177 Å². The van der Waals surface area contributed by atoms with Gasteiger partial charge in [-0.25, -0.2) is 4.98 Å². The lowest BCUT2D eigenvalue weighted by Crippen LogP contribution is -2.56. The summed E-state index contributed by atoms with van der Waals surface area (Å²) in [5.41, 5.74) is 2.16. The number of hydrogen-bond donors (Lipinski definition) is 2. The number of rotatable bonds is 2. The van der Waals surface area contributed by atoms with Crippen molar-refractivity contribution < 1.29 is 9.53 Å². The molecule has 0 aliphatic carbocycles. The van der Waals surface area contributed by atoms with E-state index in [0.717, 1.165) is 24.5 Å². The molecule has 1 amide bonds. The summed E-state index contributed by atoms with van der Waals surface area (Å²) in [5, 5.41) is 7.30. The second-order valence-corrected chi connectivity index (χ2v) is 8.91. The smallest absolute Gasteiger partial charge is 0.255 e. The summed E-state index contributed by atoms with van der Waals surface area (Å²) in [6, 6.07) is 11.7. The predicted molar refractivity (Wildman–Crippen MR) is 118 cm³/mol. The summed E-state index contributed by atoms with van der Waals surface area (Å²) >= 11 is 0. The molecule has 2 aliphatic heterocycles. The van der Waals surface area contributed by atoms with Gasteiger partial charge in [0.1, 0.15) is 5.84 Å². The number of anilines is 1. The number of ether oxygens (including phenoxy) is 1. The number of methoxy groups -OCH3 is 1. The largest absolute Gasteiger partial charge is 0.481 e. The monoisotopic (exact) mass is 407 g/mol. The Morgan fingerprint density at radius 1 is 1.23 bits per heavy atom. The highest BCUT2D eigenvalue weighted by atomic mass is 16.5. The van der Waals surface area contributed by atoms with Crippen molar-refractivity contribution in [1.82, 2.24) is 15.2 Å². The third-order valence-corrected chi connectivity index (χ3v) is 5.54. The second kappa shape index (κ2) is 7.72. The topological polar surface area (TPSA) is 78.9 Å². The second-order valence-electron chi connectivity index (χ2n) is 8.91. The molecule has 2 N–H and O–H groups in total. The number of nitrogens with one attached hydrogen (secondary N) is 2. The van der Waals surface area contributed by atoms with E-state index in [-0.39, 0.29) is 11.4 Å². The zero-order chi connectivity index (χ0) is 21.4. The number of carbonyl (C=O) groups is 1. The number of hydrogen-bond acceptors (Lipinski definition) is 5. The summed E-state index contributed by atoms with van der Waals surface area (Å²) in [6.45, 7) is 8.19. The molecule has 1 fully saturated rings. The van der Waals surface area contributed by atoms with Gasteiger partial charge in [-0.2, -0.15) is 0 Å². The third kappa shape index (κ3) is 4.03. The molecule has 1 spiro atoms. The molecule has 2 aromatic rings. The lowest BCUT2D eigenvalue weighted by molar-refractivity contribution is 0.0785. The maximum absolute atomic E-state index is 13.1. The molecule has 7 nitrogen and oxygen atoms in total. The third-order valence-electron chi connectivity index (χ3n) is 5.54. The number of para-hydroxylation sites is 1. The molecule has 0 bridgehead atoms. The molecule has 1 saturated heterocycles. The van der Waals surface area contributed by atoms with Crippen molar-refractivity contribution in [1.29, 1.82) is 0 Å². The molecular formula is C23H29N5O2. The van der Waals surface area contributed by atoms with Crippen molar-refractivity contribution in [2.45, 2.75) is 44.8 Å². The van der Waals surface area contributed by atoms with Gasteiger partial charge in [-0.15, -0.1) is 0 Å². The average molecular weight is 408 g/mol. The average Bonchev–Trinajstić information content (AvgIpc) is 3.10. The summed E-state index contributed by atoms with van der Waals surface area (Å²) in [7, 11) is 1.56. The minimum absolute atomic E-state index is 0.0271. The van der Waals surface area contributed by atoms with Gasteiger partial charge in [-0.3, -0.25) is 15.1 Å². The summed E-state index contributed by atoms with van der Waals surface area (Å²) in [6.07, 6.45) is 2.36. The van der Waals surface area contributed by atoms with E-state index in [2.05, 4.69) is 48.5 Å². The molecule has 158 valence electrons.